The molecule has 0 saturated heterocycles. The van der Waals surface area contributed by atoms with Gasteiger partial charge in [-0.15, -0.1) is 0 Å². The van der Waals surface area contributed by atoms with Crippen LogP contribution in [0.4, 0.5) is 11.5 Å². The Bertz CT molecular complexity index is 233. The summed E-state index contributed by atoms with van der Waals surface area (Å²) in [4.78, 5) is 6.19. The van der Waals surface area contributed by atoms with Gasteiger partial charge in [-0.1, -0.05) is 0 Å². The number of pyridine rings is 1. The molecule has 60 valence electrons. The van der Waals surface area contributed by atoms with E-state index in [1.54, 1.807) is 6.20 Å². The fourth-order valence-electron chi connectivity index (χ4n) is 0.948. The van der Waals surface area contributed by atoms with E-state index in [9.17, 15) is 0 Å². The normalized spacial score (nSPS) is 9.36. The van der Waals surface area contributed by atoms with E-state index in [-0.39, 0.29) is 0 Å². The topological polar surface area (TPSA) is 28.2 Å². The lowest BCUT2D eigenvalue weighted by atomic mass is 10.4. The van der Waals surface area contributed by atoms with Crippen LogP contribution in [0.15, 0.2) is 18.3 Å². The van der Waals surface area contributed by atoms with Crippen LogP contribution in [-0.4, -0.2) is 26.1 Å². The molecule has 0 aliphatic heterocycles. The summed E-state index contributed by atoms with van der Waals surface area (Å²) in [6.45, 7) is 0. The van der Waals surface area contributed by atoms with Gasteiger partial charge in [-0.3, -0.25) is 0 Å². The van der Waals surface area contributed by atoms with Gasteiger partial charge in [0.2, 0.25) is 0 Å². The lowest BCUT2D eigenvalue weighted by Gasteiger charge is -2.14. The molecule has 11 heavy (non-hydrogen) atoms. The predicted octanol–water partition coefficient (Wildman–Crippen LogP) is 1.19. The van der Waals surface area contributed by atoms with Crippen LogP contribution >= 0.6 is 0 Å². The summed E-state index contributed by atoms with van der Waals surface area (Å²) < 4.78 is 0. The third-order valence-corrected chi connectivity index (χ3v) is 1.48. The third kappa shape index (κ3) is 1.61. The first kappa shape index (κ1) is 7.85. The molecule has 0 saturated carbocycles. The van der Waals surface area contributed by atoms with Gasteiger partial charge in [0.1, 0.15) is 0 Å². The summed E-state index contributed by atoms with van der Waals surface area (Å²) >= 11 is 0. The largest absolute Gasteiger partial charge is 0.385 e. The van der Waals surface area contributed by atoms with Crippen molar-refractivity contribution in [2.75, 3.05) is 31.4 Å². The van der Waals surface area contributed by atoms with E-state index in [4.69, 9.17) is 0 Å². The predicted molar refractivity (Wildman–Crippen MR) is 48.1 cm³/mol. The summed E-state index contributed by atoms with van der Waals surface area (Å²) in [7, 11) is 5.84. The van der Waals surface area contributed by atoms with E-state index in [0.717, 1.165) is 11.5 Å². The lowest BCUT2D eigenvalue weighted by molar-refractivity contribution is 1.07. The highest BCUT2D eigenvalue weighted by atomic mass is 15.2. The van der Waals surface area contributed by atoms with Crippen molar-refractivity contribution >= 4 is 11.5 Å². The number of hydrogen-bond acceptors (Lipinski definition) is 3. The van der Waals surface area contributed by atoms with E-state index >= 15 is 0 Å². The molecule has 0 aromatic carbocycles. The van der Waals surface area contributed by atoms with Crippen molar-refractivity contribution in [3.05, 3.63) is 18.3 Å². The average Bonchev–Trinajstić information content (AvgIpc) is 2.04. The van der Waals surface area contributed by atoms with Crippen molar-refractivity contribution in [1.82, 2.24) is 4.98 Å². The molecule has 0 atom stereocenters. The summed E-state index contributed by atoms with van der Waals surface area (Å²) in [5.41, 5.74) is 1.05. The van der Waals surface area contributed by atoms with E-state index in [2.05, 4.69) is 10.3 Å². The van der Waals surface area contributed by atoms with E-state index in [0.29, 0.717) is 0 Å². The highest BCUT2D eigenvalue weighted by Gasteiger charge is 2.00. The minimum atomic E-state index is 0.968. The molecule has 1 aromatic rings. The smallest absolute Gasteiger partial charge is 0.151 e. The SMILES string of the molecule is CNc1cccnc1N(C)C. The molecule has 1 heterocycles. The van der Waals surface area contributed by atoms with Crippen molar-refractivity contribution < 1.29 is 0 Å². The second kappa shape index (κ2) is 3.23. The molecule has 0 fully saturated rings. The first-order chi connectivity index (χ1) is 5.25. The minimum absolute atomic E-state index is 0.968. The van der Waals surface area contributed by atoms with Gasteiger partial charge in [0.15, 0.2) is 5.82 Å². The zero-order valence-electron chi connectivity index (χ0n) is 7.13. The number of anilines is 2. The molecule has 0 aliphatic carbocycles. The van der Waals surface area contributed by atoms with E-state index < -0.39 is 0 Å². The van der Waals surface area contributed by atoms with E-state index in [1.165, 1.54) is 0 Å². The zero-order chi connectivity index (χ0) is 8.27. The Morgan fingerprint density at radius 1 is 1.45 bits per heavy atom. The second-order valence-corrected chi connectivity index (χ2v) is 2.52. The molecule has 0 spiro atoms. The van der Waals surface area contributed by atoms with Gasteiger partial charge in [-0.2, -0.15) is 0 Å². The van der Waals surface area contributed by atoms with Gasteiger partial charge in [-0.25, -0.2) is 4.98 Å². The first-order valence-electron chi connectivity index (χ1n) is 3.56. The van der Waals surface area contributed by atoms with Crippen LogP contribution in [0.1, 0.15) is 0 Å². The van der Waals surface area contributed by atoms with Crippen molar-refractivity contribution in [3.8, 4) is 0 Å². The maximum atomic E-state index is 4.21. The maximum Gasteiger partial charge on any atom is 0.151 e. The van der Waals surface area contributed by atoms with Gasteiger partial charge >= 0.3 is 0 Å². The molecular weight excluding hydrogens is 138 g/mol. The quantitative estimate of drug-likeness (QED) is 0.688. The first-order valence-corrected chi connectivity index (χ1v) is 3.56. The number of nitrogens with one attached hydrogen (secondary N) is 1. The Labute approximate surface area is 67.1 Å². The van der Waals surface area contributed by atoms with Gasteiger partial charge < -0.3 is 10.2 Å². The van der Waals surface area contributed by atoms with Crippen LogP contribution in [0.2, 0.25) is 0 Å². The monoisotopic (exact) mass is 151 g/mol. The highest BCUT2D eigenvalue weighted by molar-refractivity contribution is 5.64. The molecular formula is C8H13N3. The van der Waals surface area contributed by atoms with Crippen LogP contribution in [-0.2, 0) is 0 Å². The molecule has 0 radical (unpaired) electrons. The van der Waals surface area contributed by atoms with Crippen LogP contribution in [0.3, 0.4) is 0 Å². The summed E-state index contributed by atoms with van der Waals surface area (Å²) in [6, 6.07) is 3.92. The Kier molecular flexibility index (Phi) is 2.31. The Morgan fingerprint density at radius 2 is 2.18 bits per heavy atom. The number of nitrogens with zero attached hydrogens (tertiary/aromatic N) is 2. The highest BCUT2D eigenvalue weighted by Crippen LogP contribution is 2.18. The van der Waals surface area contributed by atoms with Crippen molar-refractivity contribution in [2.24, 2.45) is 0 Å². The summed E-state index contributed by atoms with van der Waals surface area (Å²) in [5, 5.41) is 3.07. The number of rotatable bonds is 2. The summed E-state index contributed by atoms with van der Waals surface area (Å²) in [5.74, 6) is 0.968. The molecule has 0 unspecified atom stereocenters. The Balaban J connectivity index is 3.02. The molecule has 1 aromatic heterocycles. The van der Waals surface area contributed by atoms with Crippen LogP contribution in [0.5, 0.6) is 0 Å². The van der Waals surface area contributed by atoms with Crippen molar-refractivity contribution in [1.29, 1.82) is 0 Å². The Hall–Kier alpha value is -1.25. The lowest BCUT2D eigenvalue weighted by Crippen LogP contribution is -2.12. The fourth-order valence-corrected chi connectivity index (χ4v) is 0.948. The standard InChI is InChI=1S/C8H13N3/c1-9-7-5-4-6-10-8(7)11(2)3/h4-6,9H,1-3H3. The second-order valence-electron chi connectivity index (χ2n) is 2.52. The third-order valence-electron chi connectivity index (χ3n) is 1.48. The van der Waals surface area contributed by atoms with Gasteiger partial charge in [0.05, 0.1) is 5.69 Å². The maximum absolute atomic E-state index is 4.21. The molecule has 0 amide bonds. The van der Waals surface area contributed by atoms with Crippen molar-refractivity contribution in [2.45, 2.75) is 0 Å². The molecule has 0 aliphatic rings. The molecule has 1 rings (SSSR count). The van der Waals surface area contributed by atoms with Gasteiger partial charge in [-0.05, 0) is 12.1 Å². The average molecular weight is 151 g/mol. The van der Waals surface area contributed by atoms with Gasteiger partial charge in [0, 0.05) is 27.3 Å². The van der Waals surface area contributed by atoms with Crippen molar-refractivity contribution in [3.63, 3.8) is 0 Å². The zero-order valence-corrected chi connectivity index (χ0v) is 7.13. The van der Waals surface area contributed by atoms with E-state index in [1.807, 2.05) is 38.2 Å². The molecule has 3 nitrogen and oxygen atoms in total. The van der Waals surface area contributed by atoms with Crippen LogP contribution in [0.25, 0.3) is 0 Å². The minimum Gasteiger partial charge on any atom is -0.385 e. The fraction of sp³-hybridized carbons (Fsp3) is 0.375. The van der Waals surface area contributed by atoms with Crippen LogP contribution in [0, 0.1) is 0 Å². The van der Waals surface area contributed by atoms with Crippen LogP contribution < -0.4 is 10.2 Å². The number of aromatic nitrogens is 1. The number of hydrogen-bond donors (Lipinski definition) is 1. The molecule has 1 N–H and O–H groups in total. The summed E-state index contributed by atoms with van der Waals surface area (Å²) in [6.07, 6.45) is 1.79. The Morgan fingerprint density at radius 3 is 2.64 bits per heavy atom. The molecule has 0 bridgehead atoms. The van der Waals surface area contributed by atoms with Gasteiger partial charge in [0.25, 0.3) is 0 Å². The molecule has 3 heteroatoms.